The van der Waals surface area contributed by atoms with E-state index in [1.807, 2.05) is 50.2 Å². The van der Waals surface area contributed by atoms with Crippen LogP contribution in [0.1, 0.15) is 22.8 Å². The zero-order valence-electron chi connectivity index (χ0n) is 17.8. The van der Waals surface area contributed by atoms with Gasteiger partial charge in [-0.1, -0.05) is 24.3 Å². The van der Waals surface area contributed by atoms with Gasteiger partial charge in [0.2, 0.25) is 0 Å². The number of H-pyrrole nitrogens is 1. The third-order valence-electron chi connectivity index (χ3n) is 6.24. The maximum atomic E-state index is 12.2. The van der Waals surface area contributed by atoms with Gasteiger partial charge in [-0.25, -0.2) is 0 Å². The van der Waals surface area contributed by atoms with Gasteiger partial charge < -0.3 is 35.3 Å². The van der Waals surface area contributed by atoms with E-state index in [-0.39, 0.29) is 5.56 Å². The molecule has 0 radical (unpaired) electrons. The molecule has 1 saturated heterocycles. The Morgan fingerprint density at radius 1 is 0.969 bits per heavy atom. The lowest BCUT2D eigenvalue weighted by Gasteiger charge is -2.42. The normalized spacial score (nSPS) is 26.9. The highest BCUT2D eigenvalue weighted by molar-refractivity contribution is 5.86. The summed E-state index contributed by atoms with van der Waals surface area (Å²) in [7, 11) is 0. The number of benzene rings is 2. The van der Waals surface area contributed by atoms with Crippen molar-refractivity contribution in [2.45, 2.75) is 50.5 Å². The van der Waals surface area contributed by atoms with Crippen molar-refractivity contribution in [2.24, 2.45) is 0 Å². The van der Waals surface area contributed by atoms with Crippen LogP contribution in [0.4, 0.5) is 0 Å². The van der Waals surface area contributed by atoms with E-state index in [1.54, 1.807) is 6.20 Å². The Kier molecular flexibility index (Phi) is 6.17. The monoisotopic (exact) mass is 441 g/mol. The minimum Gasteiger partial charge on any atom is -0.394 e. The summed E-state index contributed by atoms with van der Waals surface area (Å²) < 4.78 is 5.53. The minimum absolute atomic E-state index is 0.174. The molecule has 6 atom stereocenters. The number of rotatable bonds is 4. The second-order valence-electron chi connectivity index (χ2n) is 8.37. The maximum Gasteiger partial charge on any atom is 0.255 e. The molecular formula is C24H27NO7. The lowest BCUT2D eigenvalue weighted by atomic mass is 9.85. The molecule has 2 aromatic carbocycles. The molecule has 1 aliphatic heterocycles. The van der Waals surface area contributed by atoms with Crippen LogP contribution in [-0.2, 0) is 4.74 Å². The molecule has 0 saturated carbocycles. The van der Waals surface area contributed by atoms with Gasteiger partial charge in [0, 0.05) is 11.6 Å². The number of aromatic nitrogens is 1. The number of ether oxygens (including phenoxy) is 1. The van der Waals surface area contributed by atoms with Gasteiger partial charge in [-0.2, -0.15) is 0 Å². The van der Waals surface area contributed by atoms with Gasteiger partial charge in [-0.05, 0) is 59.2 Å². The Morgan fingerprint density at radius 2 is 1.66 bits per heavy atom. The number of aliphatic hydroxyl groups excluding tert-OH is 5. The third-order valence-corrected chi connectivity index (χ3v) is 6.24. The summed E-state index contributed by atoms with van der Waals surface area (Å²) in [5, 5.41) is 52.3. The third kappa shape index (κ3) is 3.86. The molecule has 8 nitrogen and oxygen atoms in total. The van der Waals surface area contributed by atoms with Gasteiger partial charge in [0.05, 0.1) is 6.61 Å². The first kappa shape index (κ1) is 22.6. The molecule has 8 heteroatoms. The molecule has 3 aromatic rings. The van der Waals surface area contributed by atoms with Gasteiger partial charge in [0.1, 0.15) is 36.6 Å². The van der Waals surface area contributed by atoms with E-state index in [4.69, 9.17) is 4.74 Å². The Labute approximate surface area is 184 Å². The van der Waals surface area contributed by atoms with E-state index in [0.29, 0.717) is 10.9 Å². The SMILES string of the molecule is Cc1cc(-c2ccc3cc[nH]c(=O)c3c2)cc(C)c1[C@H](O)[C@H]1OC(CO)[C@@H](O)C(O)C1O. The molecule has 3 unspecified atom stereocenters. The first-order chi connectivity index (χ1) is 15.2. The Balaban J connectivity index is 1.70. The van der Waals surface area contributed by atoms with Crippen molar-refractivity contribution in [1.29, 1.82) is 0 Å². The second-order valence-corrected chi connectivity index (χ2v) is 8.37. The van der Waals surface area contributed by atoms with Crippen LogP contribution < -0.4 is 5.56 Å². The van der Waals surface area contributed by atoms with Crippen LogP contribution in [0.2, 0.25) is 0 Å². The fourth-order valence-electron chi connectivity index (χ4n) is 4.53. The summed E-state index contributed by atoms with van der Waals surface area (Å²) in [6.07, 6.45) is -6.59. The topological polar surface area (TPSA) is 143 Å². The van der Waals surface area contributed by atoms with Crippen molar-refractivity contribution in [2.75, 3.05) is 6.61 Å². The van der Waals surface area contributed by atoms with Crippen molar-refractivity contribution in [3.8, 4) is 11.1 Å². The molecule has 0 aliphatic carbocycles. The van der Waals surface area contributed by atoms with E-state index < -0.39 is 43.2 Å². The smallest absolute Gasteiger partial charge is 0.255 e. The van der Waals surface area contributed by atoms with Gasteiger partial charge in [-0.15, -0.1) is 0 Å². The number of hydrogen-bond acceptors (Lipinski definition) is 7. The first-order valence-electron chi connectivity index (χ1n) is 10.4. The van der Waals surface area contributed by atoms with Gasteiger partial charge in [-0.3, -0.25) is 4.79 Å². The molecule has 1 aromatic heterocycles. The molecule has 0 bridgehead atoms. The lowest BCUT2D eigenvalue weighted by Crippen LogP contribution is -2.60. The van der Waals surface area contributed by atoms with E-state index in [0.717, 1.165) is 27.6 Å². The van der Waals surface area contributed by atoms with E-state index in [1.165, 1.54) is 0 Å². The summed E-state index contributed by atoms with van der Waals surface area (Å²) in [6.45, 7) is 3.06. The molecule has 32 heavy (non-hydrogen) atoms. The summed E-state index contributed by atoms with van der Waals surface area (Å²) in [6, 6.07) is 11.2. The summed E-state index contributed by atoms with van der Waals surface area (Å²) in [5.41, 5.74) is 3.51. The zero-order chi connectivity index (χ0) is 23.2. The van der Waals surface area contributed by atoms with Crippen LogP contribution in [-0.4, -0.2) is 67.6 Å². The van der Waals surface area contributed by atoms with Crippen molar-refractivity contribution < 1.29 is 30.3 Å². The summed E-state index contributed by atoms with van der Waals surface area (Å²) >= 11 is 0. The molecule has 2 heterocycles. The predicted octanol–water partition coefficient (Wildman–Crippen LogP) is 0.688. The number of nitrogens with one attached hydrogen (secondary N) is 1. The van der Waals surface area contributed by atoms with Crippen molar-refractivity contribution >= 4 is 10.8 Å². The van der Waals surface area contributed by atoms with Crippen molar-refractivity contribution in [3.05, 3.63) is 69.6 Å². The quantitative estimate of drug-likeness (QED) is 0.350. The van der Waals surface area contributed by atoms with Crippen LogP contribution >= 0.6 is 0 Å². The molecule has 1 aliphatic rings. The van der Waals surface area contributed by atoms with Crippen molar-refractivity contribution in [1.82, 2.24) is 4.98 Å². The first-order valence-corrected chi connectivity index (χ1v) is 10.4. The number of aromatic amines is 1. The second kappa shape index (κ2) is 8.74. The Hall–Kier alpha value is -2.59. The zero-order valence-corrected chi connectivity index (χ0v) is 17.8. The Bertz CT molecular complexity index is 1170. The maximum absolute atomic E-state index is 12.2. The average molecular weight is 441 g/mol. The van der Waals surface area contributed by atoms with Gasteiger partial charge in [0.15, 0.2) is 0 Å². The number of pyridine rings is 1. The lowest BCUT2D eigenvalue weighted by molar-refractivity contribution is -0.250. The van der Waals surface area contributed by atoms with E-state index in [2.05, 4.69) is 4.98 Å². The van der Waals surface area contributed by atoms with Crippen LogP contribution in [0.25, 0.3) is 21.9 Å². The number of fused-ring (bicyclic) bond motifs is 1. The Morgan fingerprint density at radius 3 is 2.31 bits per heavy atom. The highest BCUT2D eigenvalue weighted by Crippen LogP contribution is 2.35. The molecule has 0 spiro atoms. The highest BCUT2D eigenvalue weighted by atomic mass is 16.6. The van der Waals surface area contributed by atoms with Gasteiger partial charge >= 0.3 is 0 Å². The standard InChI is InChI=1S/C24H27NO7/c1-11-7-15(14-4-3-13-5-6-25-24(31)16(13)9-14)8-12(2)18(11)20(28)23-22(30)21(29)19(27)17(10-26)32-23/h3-9,17,19-23,26-30H,10H2,1-2H3,(H,25,31)/t17?,19-,20+,21?,22?,23-/m1/s1. The fraction of sp³-hybridized carbons (Fsp3) is 0.375. The van der Waals surface area contributed by atoms with E-state index >= 15 is 0 Å². The molecular weight excluding hydrogens is 414 g/mol. The fourth-order valence-corrected chi connectivity index (χ4v) is 4.53. The predicted molar refractivity (Wildman–Crippen MR) is 118 cm³/mol. The van der Waals surface area contributed by atoms with Gasteiger partial charge in [0.25, 0.3) is 5.56 Å². The van der Waals surface area contributed by atoms with Crippen LogP contribution in [0.15, 0.2) is 47.4 Å². The van der Waals surface area contributed by atoms with Crippen LogP contribution in [0.5, 0.6) is 0 Å². The largest absolute Gasteiger partial charge is 0.394 e. The van der Waals surface area contributed by atoms with E-state index in [9.17, 15) is 30.3 Å². The molecule has 6 N–H and O–H groups in total. The highest BCUT2D eigenvalue weighted by Gasteiger charge is 2.46. The molecule has 1 fully saturated rings. The number of aryl methyl sites for hydroxylation is 2. The molecule has 0 amide bonds. The van der Waals surface area contributed by atoms with Crippen molar-refractivity contribution in [3.63, 3.8) is 0 Å². The van der Waals surface area contributed by atoms with Crippen LogP contribution in [0.3, 0.4) is 0 Å². The molecule has 4 rings (SSSR count). The summed E-state index contributed by atoms with van der Waals surface area (Å²) in [4.78, 5) is 14.8. The van der Waals surface area contributed by atoms with Crippen LogP contribution in [0, 0.1) is 13.8 Å². The average Bonchev–Trinajstić information content (AvgIpc) is 2.77. The number of aliphatic hydroxyl groups is 5. The molecule has 170 valence electrons. The number of hydrogen-bond donors (Lipinski definition) is 6. The summed E-state index contributed by atoms with van der Waals surface area (Å²) in [5.74, 6) is 0. The minimum atomic E-state index is -1.56.